The van der Waals surface area contributed by atoms with Gasteiger partial charge in [0.15, 0.2) is 5.65 Å². The van der Waals surface area contributed by atoms with Crippen molar-refractivity contribution in [2.45, 2.75) is 90.6 Å². The van der Waals surface area contributed by atoms with Crippen LogP contribution in [-0.2, 0) is 30.8 Å². The summed E-state index contributed by atoms with van der Waals surface area (Å²) in [6.07, 6.45) is 20.6. The highest BCUT2D eigenvalue weighted by atomic mass is 19.1. The first-order valence-corrected chi connectivity index (χ1v) is 28.9. The number of rotatable bonds is 18. The summed E-state index contributed by atoms with van der Waals surface area (Å²) in [5, 5.41) is 16.9. The molecule has 1 aliphatic rings. The highest BCUT2D eigenvalue weighted by Crippen LogP contribution is 2.29. The highest BCUT2D eigenvalue weighted by molar-refractivity contribution is 5.99. The summed E-state index contributed by atoms with van der Waals surface area (Å²) < 4.78 is 50.5. The summed E-state index contributed by atoms with van der Waals surface area (Å²) in [5.74, 6) is 1.61. The average Bonchev–Trinajstić information content (AvgIpc) is 4.10. The first-order valence-electron chi connectivity index (χ1n) is 28.9. The van der Waals surface area contributed by atoms with Gasteiger partial charge < -0.3 is 39.0 Å². The van der Waals surface area contributed by atoms with Gasteiger partial charge in [-0.1, -0.05) is 92.1 Å². The molecule has 6 aromatic heterocycles. The number of halogens is 2. The van der Waals surface area contributed by atoms with E-state index >= 15 is 0 Å². The number of nitrogens with one attached hydrogen (secondary N) is 3. The van der Waals surface area contributed by atoms with Gasteiger partial charge in [0.25, 0.3) is 17.7 Å². The van der Waals surface area contributed by atoms with E-state index in [4.69, 9.17) is 14.2 Å². The number of hydrogen-bond donors (Lipinski definition) is 3. The number of hydrogen-bond acceptors (Lipinski definition) is 10. The van der Waals surface area contributed by atoms with E-state index in [0.29, 0.717) is 63.1 Å². The Morgan fingerprint density at radius 1 is 0.540 bits per heavy atom. The summed E-state index contributed by atoms with van der Waals surface area (Å²) in [4.78, 5) is 46.6. The van der Waals surface area contributed by atoms with Crippen LogP contribution in [0.25, 0.3) is 16.9 Å². The minimum atomic E-state index is -0.643. The van der Waals surface area contributed by atoms with E-state index in [9.17, 15) is 23.2 Å². The molecule has 1 aliphatic carbocycles. The summed E-state index contributed by atoms with van der Waals surface area (Å²) in [6.45, 7) is 9.25. The quantitative estimate of drug-likeness (QED) is 0.0748. The zero-order chi connectivity index (χ0) is 60.8. The second kappa shape index (κ2) is 27.7. The summed E-state index contributed by atoms with van der Waals surface area (Å²) in [6, 6.07) is 46.5. The van der Waals surface area contributed by atoms with Crippen LogP contribution in [0.5, 0.6) is 17.2 Å². The summed E-state index contributed by atoms with van der Waals surface area (Å²) in [5.41, 5.74) is 6.14. The fourth-order valence-corrected chi connectivity index (χ4v) is 10.1. The number of nitrogens with zero attached hydrogens (tertiary/aromatic N) is 7. The van der Waals surface area contributed by atoms with Gasteiger partial charge in [0.2, 0.25) is 0 Å². The third kappa shape index (κ3) is 15.8. The number of carbonyl (C=O) groups is 3. The number of amides is 3. The van der Waals surface area contributed by atoms with E-state index < -0.39 is 11.1 Å². The molecule has 3 N–H and O–H groups in total. The van der Waals surface area contributed by atoms with Gasteiger partial charge in [-0.25, -0.2) is 18.7 Å². The molecule has 6 heterocycles. The van der Waals surface area contributed by atoms with Crippen molar-refractivity contribution < 1.29 is 37.4 Å². The fourth-order valence-electron chi connectivity index (χ4n) is 10.1. The molecule has 12 rings (SSSR count). The molecular formula is C69H68F2N10O6. The molecule has 16 nitrogen and oxygen atoms in total. The van der Waals surface area contributed by atoms with Crippen molar-refractivity contribution >= 4 is 34.7 Å². The average molecular weight is 1170 g/mol. The van der Waals surface area contributed by atoms with Crippen LogP contribution >= 0.6 is 0 Å². The molecule has 0 bridgehead atoms. The van der Waals surface area contributed by atoms with E-state index in [1.165, 1.54) is 44.2 Å². The Hall–Kier alpha value is -10.2. The monoisotopic (exact) mass is 1170 g/mol. The molecule has 444 valence electrons. The van der Waals surface area contributed by atoms with Gasteiger partial charge in [-0.15, -0.1) is 10.2 Å². The van der Waals surface area contributed by atoms with E-state index in [-0.39, 0.29) is 42.6 Å². The first kappa shape index (κ1) is 59.9. The largest absolute Gasteiger partial charge is 0.493 e. The van der Waals surface area contributed by atoms with Crippen molar-refractivity contribution in [2.24, 2.45) is 5.92 Å². The first-order chi connectivity index (χ1) is 42.1. The molecule has 0 unspecified atom stereocenters. The Morgan fingerprint density at radius 3 is 1.63 bits per heavy atom. The lowest BCUT2D eigenvalue weighted by Crippen LogP contribution is -2.41. The predicted molar refractivity (Wildman–Crippen MR) is 328 cm³/mol. The van der Waals surface area contributed by atoms with Gasteiger partial charge in [0.1, 0.15) is 59.7 Å². The zero-order valence-electron chi connectivity index (χ0n) is 48.9. The van der Waals surface area contributed by atoms with Crippen molar-refractivity contribution in [3.63, 3.8) is 0 Å². The Balaban J connectivity index is 0.000000145. The zero-order valence-corrected chi connectivity index (χ0v) is 48.9. The van der Waals surface area contributed by atoms with Crippen molar-refractivity contribution in [1.82, 2.24) is 49.3 Å². The normalized spacial score (nSPS) is 12.5. The molecule has 1 fully saturated rings. The number of aromatic nitrogens is 7. The molecular weight excluding hydrogens is 1100 g/mol. The van der Waals surface area contributed by atoms with E-state index in [1.807, 2.05) is 128 Å². The van der Waals surface area contributed by atoms with Crippen LogP contribution in [0.1, 0.15) is 119 Å². The smallest absolute Gasteiger partial charge is 0.255 e. The second-order valence-electron chi connectivity index (χ2n) is 22.3. The van der Waals surface area contributed by atoms with Gasteiger partial charge in [0.05, 0.1) is 23.2 Å². The molecule has 87 heavy (non-hydrogen) atoms. The molecule has 0 aliphatic heterocycles. The maximum Gasteiger partial charge on any atom is 0.255 e. The van der Waals surface area contributed by atoms with Crippen LogP contribution in [0.4, 0.5) is 8.78 Å². The van der Waals surface area contributed by atoms with Crippen LogP contribution in [0, 0.1) is 17.6 Å². The summed E-state index contributed by atoms with van der Waals surface area (Å²) >= 11 is 0. The minimum absolute atomic E-state index is 0.117. The predicted octanol–water partition coefficient (Wildman–Crippen LogP) is 13.1. The van der Waals surface area contributed by atoms with E-state index in [2.05, 4.69) is 36.1 Å². The Morgan fingerprint density at radius 2 is 1.07 bits per heavy atom. The molecule has 0 radical (unpaired) electrons. The Kier molecular flexibility index (Phi) is 19.0. The molecule has 3 amide bonds. The van der Waals surface area contributed by atoms with Crippen LogP contribution < -0.4 is 30.2 Å². The Bertz CT molecular complexity index is 4150. The standard InChI is InChI=1S/C24H22FN3O2.C24H29N3O2.C21H17FN4O2/c1-24(2,27-23(29)17-10-12-28-13-11-26-22(28)14-17)19-7-5-8-20(15-19)30-16-18-6-3-4-9-21(18)25;1-24(2,26-23(28)19-11-13-27-14-12-25-22(27)15-19)20-9-6-10-21(16-20)29-17-18-7-4-3-5-8-18;22-19-9-2-1-6-16(19)13-28-17-7-3-5-15(11-17)12-23-21(27)18-8-4-10-26-14-24-25-20(18)26/h3-15H,16H2,1-2H3,(H,27,29);6,9-16,18H,3-5,7-8,17H2,1-2H3,(H,26,28);1-11,14H,12-13H2,(H,23,27). The molecule has 18 heteroatoms. The lowest BCUT2D eigenvalue weighted by molar-refractivity contribution is 0.0903. The lowest BCUT2D eigenvalue weighted by Gasteiger charge is -2.28. The number of fused-ring (bicyclic) bond motifs is 3. The number of pyridine rings is 3. The highest BCUT2D eigenvalue weighted by Gasteiger charge is 2.26. The number of ether oxygens (including phenoxy) is 3. The third-order valence-electron chi connectivity index (χ3n) is 15.1. The van der Waals surface area contributed by atoms with Crippen molar-refractivity contribution in [2.75, 3.05) is 6.61 Å². The molecule has 5 aromatic carbocycles. The molecule has 11 aromatic rings. The maximum atomic E-state index is 13.8. The lowest BCUT2D eigenvalue weighted by atomic mass is 9.90. The number of benzene rings is 5. The topological polar surface area (TPSA) is 180 Å². The van der Waals surface area contributed by atoms with Gasteiger partial charge >= 0.3 is 0 Å². The van der Waals surface area contributed by atoms with Crippen molar-refractivity contribution in [1.29, 1.82) is 0 Å². The molecule has 0 spiro atoms. The SMILES string of the molecule is CC(C)(NC(=O)c1ccn2ccnc2c1)c1cccc(OCC2CCCCC2)c1.CC(C)(NC(=O)c1ccn2ccnc2c1)c1cccc(OCc2ccccc2F)c1.O=C(NCc1cccc(OCc2ccccc2F)c1)c1cccn2cnnc12. The molecule has 1 saturated carbocycles. The van der Waals surface area contributed by atoms with Gasteiger partial charge in [0, 0.05) is 72.2 Å². The van der Waals surface area contributed by atoms with Crippen molar-refractivity contribution in [3.8, 4) is 17.2 Å². The van der Waals surface area contributed by atoms with E-state index in [0.717, 1.165) is 34.7 Å². The number of carbonyl (C=O) groups excluding carboxylic acids is 3. The second-order valence-corrected chi connectivity index (χ2v) is 22.3. The third-order valence-corrected chi connectivity index (χ3v) is 15.1. The van der Waals surface area contributed by atoms with Crippen LogP contribution in [-0.4, -0.2) is 57.7 Å². The number of imidazole rings is 2. The minimum Gasteiger partial charge on any atom is -0.493 e. The van der Waals surface area contributed by atoms with Crippen LogP contribution in [0.3, 0.4) is 0 Å². The van der Waals surface area contributed by atoms with E-state index in [1.54, 1.807) is 108 Å². The summed E-state index contributed by atoms with van der Waals surface area (Å²) in [7, 11) is 0. The van der Waals surface area contributed by atoms with Crippen molar-refractivity contribution in [3.05, 3.63) is 264 Å². The molecule has 0 saturated heterocycles. The van der Waals surface area contributed by atoms with Crippen LogP contribution in [0.2, 0.25) is 0 Å². The van der Waals surface area contributed by atoms with Gasteiger partial charge in [-0.3, -0.25) is 18.8 Å². The van der Waals surface area contributed by atoms with Gasteiger partial charge in [-0.05, 0) is 148 Å². The van der Waals surface area contributed by atoms with Gasteiger partial charge in [-0.2, -0.15) is 0 Å². The maximum absolute atomic E-state index is 13.8. The Labute approximate surface area is 503 Å². The fraction of sp³-hybridized carbons (Fsp3) is 0.232. The van der Waals surface area contributed by atoms with Crippen LogP contribution in [0.15, 0.2) is 207 Å². The molecule has 0 atom stereocenters.